The average molecular weight is 292 g/mol. The molecule has 2 aliphatic rings. The van der Waals surface area contributed by atoms with Gasteiger partial charge in [0.25, 0.3) is 0 Å². The molecule has 4 heteroatoms. The summed E-state index contributed by atoms with van der Waals surface area (Å²) in [5.41, 5.74) is 1.11. The highest BCUT2D eigenvalue weighted by Crippen LogP contribution is 2.40. The third-order valence-electron chi connectivity index (χ3n) is 4.85. The maximum Gasteiger partial charge on any atom is 0.165 e. The highest BCUT2D eigenvalue weighted by Gasteiger charge is 2.40. The van der Waals surface area contributed by atoms with Crippen molar-refractivity contribution in [2.45, 2.75) is 57.2 Å². The molecule has 1 N–H and O–H groups in total. The topological polar surface area (TPSA) is 24.5 Å². The van der Waals surface area contributed by atoms with Gasteiger partial charge in [0.15, 0.2) is 11.6 Å². The van der Waals surface area contributed by atoms with Gasteiger partial charge in [-0.25, -0.2) is 4.39 Å². The molecule has 0 radical (unpaired) electrons. The van der Waals surface area contributed by atoms with Gasteiger partial charge in [-0.1, -0.05) is 6.92 Å². The minimum Gasteiger partial charge on any atom is -0.494 e. The van der Waals surface area contributed by atoms with E-state index in [1.807, 2.05) is 12.1 Å². The Morgan fingerprint density at radius 2 is 2.00 bits per heavy atom. The lowest BCUT2D eigenvalue weighted by Crippen LogP contribution is -2.49. The molecule has 21 heavy (non-hydrogen) atoms. The number of hydrogen-bond acceptors (Lipinski definition) is 3. The zero-order valence-corrected chi connectivity index (χ0v) is 12.9. The number of ether oxygens (including phenoxy) is 1. The molecule has 2 fully saturated rings. The second-order valence-corrected chi connectivity index (χ2v) is 6.23. The molecule has 3 nitrogen and oxygen atoms in total. The number of fused-ring (bicyclic) bond motifs is 2. The maximum atomic E-state index is 13.6. The molecular weight excluding hydrogens is 267 g/mol. The summed E-state index contributed by atoms with van der Waals surface area (Å²) in [5.74, 6) is 0.0613. The highest BCUT2D eigenvalue weighted by atomic mass is 19.1. The van der Waals surface area contributed by atoms with Crippen molar-refractivity contribution in [1.82, 2.24) is 5.32 Å². The minimum atomic E-state index is -0.284. The average Bonchev–Trinajstić information content (AvgIpc) is 2.76. The van der Waals surface area contributed by atoms with Crippen molar-refractivity contribution in [2.24, 2.45) is 0 Å². The van der Waals surface area contributed by atoms with E-state index < -0.39 is 0 Å². The first-order valence-corrected chi connectivity index (χ1v) is 8.08. The van der Waals surface area contributed by atoms with Crippen LogP contribution in [0.4, 0.5) is 10.1 Å². The van der Waals surface area contributed by atoms with Gasteiger partial charge in [0.05, 0.1) is 7.11 Å². The largest absolute Gasteiger partial charge is 0.494 e. The van der Waals surface area contributed by atoms with Gasteiger partial charge in [0.1, 0.15) is 0 Å². The number of benzene rings is 1. The fourth-order valence-electron chi connectivity index (χ4n) is 3.92. The van der Waals surface area contributed by atoms with Crippen LogP contribution < -0.4 is 15.0 Å². The molecule has 2 unspecified atom stereocenters. The third kappa shape index (κ3) is 2.86. The molecule has 2 saturated heterocycles. The third-order valence-corrected chi connectivity index (χ3v) is 4.85. The molecule has 116 valence electrons. The molecule has 0 saturated carbocycles. The molecule has 1 aromatic rings. The predicted octanol–water partition coefficient (Wildman–Crippen LogP) is 3.33. The quantitative estimate of drug-likeness (QED) is 0.901. The highest BCUT2D eigenvalue weighted by molar-refractivity contribution is 5.54. The Balaban J connectivity index is 1.76. The number of nitrogens with zero attached hydrogens (tertiary/aromatic N) is 1. The van der Waals surface area contributed by atoms with E-state index >= 15 is 0 Å². The number of halogens is 1. The standard InChI is InChI=1S/C17H25FN2O/c1-3-8-19-12-9-13-4-5-14(10-12)20(13)15-6-7-16(18)17(11-15)21-2/h6-7,11-14,19H,3-5,8-10H2,1-2H3. The fraction of sp³-hybridized carbons (Fsp3) is 0.647. The summed E-state index contributed by atoms with van der Waals surface area (Å²) in [4.78, 5) is 2.49. The SMILES string of the molecule is CCCNC1CC2CCC(C1)N2c1ccc(F)c(OC)c1. The van der Waals surface area contributed by atoms with Crippen LogP contribution in [0, 0.1) is 5.82 Å². The van der Waals surface area contributed by atoms with Crippen LogP contribution in [-0.2, 0) is 0 Å². The maximum absolute atomic E-state index is 13.6. The lowest BCUT2D eigenvalue weighted by molar-refractivity contribution is 0.355. The van der Waals surface area contributed by atoms with E-state index in [2.05, 4.69) is 17.1 Å². The molecule has 2 bridgehead atoms. The summed E-state index contributed by atoms with van der Waals surface area (Å²) < 4.78 is 18.7. The smallest absolute Gasteiger partial charge is 0.165 e. The lowest BCUT2D eigenvalue weighted by Gasteiger charge is -2.41. The molecule has 2 heterocycles. The van der Waals surface area contributed by atoms with Gasteiger partial charge in [-0.15, -0.1) is 0 Å². The van der Waals surface area contributed by atoms with Crippen molar-refractivity contribution in [3.63, 3.8) is 0 Å². The Kier molecular flexibility index (Phi) is 4.34. The van der Waals surface area contributed by atoms with Crippen LogP contribution in [-0.4, -0.2) is 31.8 Å². The molecule has 0 amide bonds. The van der Waals surface area contributed by atoms with Gasteiger partial charge in [-0.2, -0.15) is 0 Å². The molecule has 2 atom stereocenters. The van der Waals surface area contributed by atoms with Crippen LogP contribution >= 0.6 is 0 Å². The molecular formula is C17H25FN2O. The fourth-order valence-corrected chi connectivity index (χ4v) is 3.92. The second kappa shape index (κ2) is 6.22. The first-order valence-electron chi connectivity index (χ1n) is 8.08. The molecule has 0 aromatic heterocycles. The van der Waals surface area contributed by atoms with Crippen LogP contribution in [0.25, 0.3) is 0 Å². The van der Waals surface area contributed by atoms with Crippen LogP contribution in [0.3, 0.4) is 0 Å². The van der Waals surface area contributed by atoms with Gasteiger partial charge in [-0.05, 0) is 50.8 Å². The summed E-state index contributed by atoms with van der Waals surface area (Å²) in [5, 5.41) is 3.66. The van der Waals surface area contributed by atoms with E-state index in [0.29, 0.717) is 23.9 Å². The summed E-state index contributed by atoms with van der Waals surface area (Å²) in [6, 6.07) is 7.06. The molecule has 0 spiro atoms. The van der Waals surface area contributed by atoms with Gasteiger partial charge in [0.2, 0.25) is 0 Å². The van der Waals surface area contributed by atoms with E-state index in [1.54, 1.807) is 0 Å². The normalized spacial score (nSPS) is 28.0. The number of nitrogens with one attached hydrogen (secondary N) is 1. The van der Waals surface area contributed by atoms with Crippen LogP contribution in [0.2, 0.25) is 0 Å². The summed E-state index contributed by atoms with van der Waals surface area (Å²) in [7, 11) is 1.53. The van der Waals surface area contributed by atoms with E-state index in [0.717, 1.165) is 12.2 Å². The van der Waals surface area contributed by atoms with Crippen molar-refractivity contribution in [1.29, 1.82) is 0 Å². The number of piperidine rings is 1. The Labute approximate surface area is 126 Å². The Bertz CT molecular complexity index is 480. The van der Waals surface area contributed by atoms with Crippen molar-refractivity contribution in [2.75, 3.05) is 18.6 Å². The molecule has 0 aliphatic carbocycles. The van der Waals surface area contributed by atoms with Crippen LogP contribution in [0.15, 0.2) is 18.2 Å². The van der Waals surface area contributed by atoms with Crippen molar-refractivity contribution in [3.05, 3.63) is 24.0 Å². The number of rotatable bonds is 5. The summed E-state index contributed by atoms with van der Waals surface area (Å²) in [6.45, 7) is 3.32. The van der Waals surface area contributed by atoms with Gasteiger partial charge in [0, 0.05) is 29.9 Å². The number of methoxy groups -OCH3 is 1. The number of anilines is 1. The van der Waals surface area contributed by atoms with E-state index in [4.69, 9.17) is 4.74 Å². The zero-order valence-electron chi connectivity index (χ0n) is 12.9. The van der Waals surface area contributed by atoms with Crippen LogP contribution in [0.1, 0.15) is 39.0 Å². The second-order valence-electron chi connectivity index (χ2n) is 6.23. The van der Waals surface area contributed by atoms with Gasteiger partial charge < -0.3 is 15.0 Å². The van der Waals surface area contributed by atoms with E-state index in [1.165, 1.54) is 45.3 Å². The predicted molar refractivity (Wildman–Crippen MR) is 83.6 cm³/mol. The summed E-state index contributed by atoms with van der Waals surface area (Å²) in [6.07, 6.45) is 6.06. The van der Waals surface area contributed by atoms with Crippen molar-refractivity contribution in [3.8, 4) is 5.75 Å². The zero-order chi connectivity index (χ0) is 14.8. The van der Waals surface area contributed by atoms with Crippen LogP contribution in [0.5, 0.6) is 5.75 Å². The van der Waals surface area contributed by atoms with E-state index in [-0.39, 0.29) is 5.82 Å². The van der Waals surface area contributed by atoms with E-state index in [9.17, 15) is 4.39 Å². The lowest BCUT2D eigenvalue weighted by atomic mass is 9.96. The Hall–Kier alpha value is -1.29. The van der Waals surface area contributed by atoms with Gasteiger partial charge >= 0.3 is 0 Å². The number of hydrogen-bond donors (Lipinski definition) is 1. The molecule has 1 aromatic carbocycles. The first kappa shape index (κ1) is 14.6. The monoisotopic (exact) mass is 292 g/mol. The Morgan fingerprint density at radius 3 is 2.62 bits per heavy atom. The molecule has 3 rings (SSSR count). The Morgan fingerprint density at radius 1 is 1.29 bits per heavy atom. The molecule has 2 aliphatic heterocycles. The van der Waals surface area contributed by atoms with Crippen molar-refractivity contribution >= 4 is 5.69 Å². The van der Waals surface area contributed by atoms with Crippen molar-refractivity contribution < 1.29 is 9.13 Å². The summed E-state index contributed by atoms with van der Waals surface area (Å²) >= 11 is 0. The minimum absolute atomic E-state index is 0.284. The first-order chi connectivity index (χ1) is 10.2. The van der Waals surface area contributed by atoms with Gasteiger partial charge in [-0.3, -0.25) is 0 Å².